The summed E-state index contributed by atoms with van der Waals surface area (Å²) in [7, 11) is 0. The second-order valence-corrected chi connectivity index (χ2v) is 15.6. The SMILES string of the molecule is CC(C)(O)C1CC[C@](C)([C@H]2CC[C@]3(C)[C@@H]2[C@H](O)C[C@@H]2[C@@]4(C)CC[C@H](O)C(C)(C)[C@@H]4[C@@H](O)C[C@]23C)O1. The van der Waals surface area contributed by atoms with Crippen LogP contribution in [0.2, 0.25) is 0 Å². The van der Waals surface area contributed by atoms with Gasteiger partial charge in [0.25, 0.3) is 0 Å². The highest BCUT2D eigenvalue weighted by Gasteiger charge is 2.73. The van der Waals surface area contributed by atoms with E-state index in [-0.39, 0.29) is 51.1 Å². The standard InChI is InChI=1S/C30H52O5/c1-25(2)21(33)10-12-27(5)20-15-18(31)23-17(30(8)14-11-22(35-30)26(3,4)34)9-13-28(23,6)29(20,7)16-19(32)24(25)27/h17-24,31-34H,9-16H2,1-8H3/t17-,18+,19-,20+,21-,22?,23-,24-,27+,28+,29+,30+/m0/s1. The first-order valence-corrected chi connectivity index (χ1v) is 14.4. The van der Waals surface area contributed by atoms with Gasteiger partial charge in [-0.15, -0.1) is 0 Å². The van der Waals surface area contributed by atoms with Crippen LogP contribution in [0, 0.1) is 45.3 Å². The molecule has 5 aliphatic rings. The van der Waals surface area contributed by atoms with Crippen LogP contribution < -0.4 is 0 Å². The molecule has 12 atom stereocenters. The summed E-state index contributed by atoms with van der Waals surface area (Å²) >= 11 is 0. The molecule has 5 rings (SSSR count). The molecule has 5 heteroatoms. The molecule has 0 amide bonds. The molecule has 0 aromatic heterocycles. The molecule has 0 radical (unpaired) electrons. The van der Waals surface area contributed by atoms with Gasteiger partial charge in [-0.25, -0.2) is 0 Å². The van der Waals surface area contributed by atoms with Gasteiger partial charge in [0, 0.05) is 0 Å². The van der Waals surface area contributed by atoms with Gasteiger partial charge in [-0.3, -0.25) is 0 Å². The maximum atomic E-state index is 11.9. The van der Waals surface area contributed by atoms with Crippen LogP contribution in [0.15, 0.2) is 0 Å². The lowest BCUT2D eigenvalue weighted by Crippen LogP contribution is -2.69. The molecular weight excluding hydrogens is 440 g/mol. The summed E-state index contributed by atoms with van der Waals surface area (Å²) in [5, 5.41) is 45.2. The third kappa shape index (κ3) is 3.36. The van der Waals surface area contributed by atoms with Crippen LogP contribution >= 0.6 is 0 Å². The highest BCUT2D eigenvalue weighted by atomic mass is 16.5. The maximum absolute atomic E-state index is 11.9. The summed E-state index contributed by atoms with van der Waals surface area (Å²) in [5.74, 6) is 0.722. The zero-order valence-corrected chi connectivity index (χ0v) is 23.5. The quantitative estimate of drug-likeness (QED) is 0.449. The van der Waals surface area contributed by atoms with Gasteiger partial charge in [0.15, 0.2) is 0 Å². The van der Waals surface area contributed by atoms with Gasteiger partial charge in [-0.2, -0.15) is 0 Å². The van der Waals surface area contributed by atoms with E-state index in [0.29, 0.717) is 5.92 Å². The molecule has 35 heavy (non-hydrogen) atoms. The minimum atomic E-state index is -0.864. The van der Waals surface area contributed by atoms with Crippen LogP contribution in [-0.2, 0) is 4.74 Å². The lowest BCUT2D eigenvalue weighted by molar-refractivity contribution is -0.275. The lowest BCUT2D eigenvalue weighted by atomic mass is 9.34. The Morgan fingerprint density at radius 2 is 1.46 bits per heavy atom. The van der Waals surface area contributed by atoms with Crippen molar-refractivity contribution in [3.8, 4) is 0 Å². The fourth-order valence-electron chi connectivity index (χ4n) is 11.3. The Bertz CT molecular complexity index is 850. The van der Waals surface area contributed by atoms with Crippen LogP contribution in [0.25, 0.3) is 0 Å². The van der Waals surface area contributed by atoms with Gasteiger partial charge in [-0.1, -0.05) is 34.6 Å². The molecule has 4 saturated carbocycles. The molecule has 1 saturated heterocycles. The predicted molar refractivity (Wildman–Crippen MR) is 137 cm³/mol. The van der Waals surface area contributed by atoms with Gasteiger partial charge >= 0.3 is 0 Å². The van der Waals surface area contributed by atoms with E-state index in [0.717, 1.165) is 51.4 Å². The summed E-state index contributed by atoms with van der Waals surface area (Å²) in [6.07, 6.45) is 5.61. The van der Waals surface area contributed by atoms with Crippen molar-refractivity contribution in [3.05, 3.63) is 0 Å². The van der Waals surface area contributed by atoms with E-state index in [1.807, 2.05) is 13.8 Å². The van der Waals surface area contributed by atoms with Crippen molar-refractivity contribution < 1.29 is 25.2 Å². The smallest absolute Gasteiger partial charge is 0.0865 e. The minimum Gasteiger partial charge on any atom is -0.393 e. The number of aliphatic hydroxyl groups is 4. The molecule has 4 N–H and O–H groups in total. The second kappa shape index (κ2) is 7.68. The summed E-state index contributed by atoms with van der Waals surface area (Å²) < 4.78 is 6.64. The molecule has 202 valence electrons. The van der Waals surface area contributed by atoms with Crippen LogP contribution in [0.5, 0.6) is 0 Å². The average molecular weight is 493 g/mol. The summed E-state index contributed by atoms with van der Waals surface area (Å²) in [4.78, 5) is 0. The minimum absolute atomic E-state index is 0.0320. The summed E-state index contributed by atoms with van der Waals surface area (Å²) in [5.41, 5.74) is -1.83. The number of hydrogen-bond donors (Lipinski definition) is 4. The molecule has 1 heterocycles. The van der Waals surface area contributed by atoms with Crippen molar-refractivity contribution in [2.45, 2.75) is 142 Å². The number of hydrogen-bond acceptors (Lipinski definition) is 5. The zero-order chi connectivity index (χ0) is 26.0. The number of aliphatic hydroxyl groups excluding tert-OH is 3. The Morgan fingerprint density at radius 3 is 2.06 bits per heavy atom. The third-order valence-corrected chi connectivity index (χ3v) is 13.1. The first-order valence-electron chi connectivity index (χ1n) is 14.4. The fraction of sp³-hybridized carbons (Fsp3) is 1.00. The van der Waals surface area contributed by atoms with Crippen LogP contribution in [0.4, 0.5) is 0 Å². The maximum Gasteiger partial charge on any atom is 0.0865 e. The first-order chi connectivity index (χ1) is 15.9. The van der Waals surface area contributed by atoms with E-state index in [4.69, 9.17) is 4.74 Å². The molecule has 0 spiro atoms. The number of ether oxygens (including phenoxy) is 1. The van der Waals surface area contributed by atoms with Crippen molar-refractivity contribution in [2.75, 3.05) is 0 Å². The van der Waals surface area contributed by atoms with Gasteiger partial charge in [0.05, 0.1) is 35.6 Å². The number of rotatable bonds is 2. The Kier molecular flexibility index (Phi) is 5.80. The molecule has 4 aliphatic carbocycles. The van der Waals surface area contributed by atoms with Crippen LogP contribution in [0.3, 0.4) is 0 Å². The zero-order valence-electron chi connectivity index (χ0n) is 23.5. The Balaban J connectivity index is 1.51. The molecule has 0 aromatic rings. The van der Waals surface area contributed by atoms with Crippen molar-refractivity contribution in [2.24, 2.45) is 45.3 Å². The van der Waals surface area contributed by atoms with Crippen LogP contribution in [0.1, 0.15) is 107 Å². The van der Waals surface area contributed by atoms with E-state index in [2.05, 4.69) is 41.5 Å². The van der Waals surface area contributed by atoms with Crippen molar-refractivity contribution in [1.29, 1.82) is 0 Å². The van der Waals surface area contributed by atoms with E-state index in [1.54, 1.807) is 0 Å². The van der Waals surface area contributed by atoms with Crippen LogP contribution in [-0.4, -0.2) is 56.0 Å². The Morgan fingerprint density at radius 1 is 0.800 bits per heavy atom. The molecule has 0 aromatic carbocycles. The van der Waals surface area contributed by atoms with E-state index in [9.17, 15) is 20.4 Å². The van der Waals surface area contributed by atoms with E-state index < -0.39 is 23.9 Å². The van der Waals surface area contributed by atoms with E-state index in [1.165, 1.54) is 0 Å². The van der Waals surface area contributed by atoms with Gasteiger partial charge < -0.3 is 25.2 Å². The molecular formula is C30H52O5. The topological polar surface area (TPSA) is 90.2 Å². The van der Waals surface area contributed by atoms with Gasteiger partial charge in [0.2, 0.25) is 0 Å². The summed E-state index contributed by atoms with van der Waals surface area (Å²) in [6, 6.07) is 0. The van der Waals surface area contributed by atoms with Gasteiger partial charge in [-0.05, 0) is 117 Å². The monoisotopic (exact) mass is 492 g/mol. The third-order valence-electron chi connectivity index (χ3n) is 13.1. The van der Waals surface area contributed by atoms with E-state index >= 15 is 0 Å². The molecule has 1 aliphatic heterocycles. The second-order valence-electron chi connectivity index (χ2n) is 15.6. The van der Waals surface area contributed by atoms with Crippen molar-refractivity contribution >= 4 is 0 Å². The highest BCUT2D eigenvalue weighted by Crippen LogP contribution is 2.76. The lowest BCUT2D eigenvalue weighted by Gasteiger charge is -2.71. The Labute approximate surface area is 213 Å². The predicted octanol–water partition coefficient (Wildman–Crippen LogP) is 4.68. The normalized spacial score (nSPS) is 57.9. The number of fused-ring (bicyclic) bond motifs is 5. The molecule has 1 unspecified atom stereocenters. The Hall–Kier alpha value is -0.200. The van der Waals surface area contributed by atoms with Crippen molar-refractivity contribution in [1.82, 2.24) is 0 Å². The highest BCUT2D eigenvalue weighted by molar-refractivity contribution is 5.22. The molecule has 5 nitrogen and oxygen atoms in total. The first kappa shape index (κ1) is 26.4. The largest absolute Gasteiger partial charge is 0.393 e. The average Bonchev–Trinajstić information content (AvgIpc) is 3.30. The molecule has 0 bridgehead atoms. The van der Waals surface area contributed by atoms with Gasteiger partial charge in [0.1, 0.15) is 0 Å². The van der Waals surface area contributed by atoms with Crippen molar-refractivity contribution in [3.63, 3.8) is 0 Å². The fourth-order valence-corrected chi connectivity index (χ4v) is 11.3. The summed E-state index contributed by atoms with van der Waals surface area (Å²) in [6.45, 7) is 17.3. The molecule has 5 fully saturated rings.